The van der Waals surface area contributed by atoms with Crippen molar-refractivity contribution in [1.29, 1.82) is 0 Å². The van der Waals surface area contributed by atoms with Crippen molar-refractivity contribution < 1.29 is 32.6 Å². The average Bonchev–Trinajstić information content (AvgIpc) is 3.17. The van der Waals surface area contributed by atoms with Gasteiger partial charge in [-0.3, -0.25) is 9.59 Å². The number of carbonyl (C=O) groups is 2. The van der Waals surface area contributed by atoms with Gasteiger partial charge >= 0.3 is 6.36 Å². The maximum atomic E-state index is 12.5. The number of nitrogens with one attached hydrogen (secondary N) is 2. The van der Waals surface area contributed by atoms with Crippen LogP contribution in [0.15, 0.2) is 41.9 Å². The van der Waals surface area contributed by atoms with E-state index < -0.39 is 23.9 Å². The van der Waals surface area contributed by atoms with E-state index in [1.807, 2.05) is 0 Å². The molecule has 0 aliphatic carbocycles. The number of hydrogen-bond acceptors (Lipinski definition) is 6. The number of aromatic nitrogens is 1. The third-order valence-electron chi connectivity index (χ3n) is 3.93. The minimum atomic E-state index is -4.88. The summed E-state index contributed by atoms with van der Waals surface area (Å²) in [6, 6.07) is 7.73. The first-order chi connectivity index (χ1) is 15.0. The summed E-state index contributed by atoms with van der Waals surface area (Å²) < 4.78 is 41.6. The van der Waals surface area contributed by atoms with Crippen LogP contribution in [-0.2, 0) is 6.54 Å². The molecule has 3 N–H and O–H groups in total. The minimum Gasteiger partial charge on any atom is -0.505 e. The summed E-state index contributed by atoms with van der Waals surface area (Å²) in [5, 5.41) is 14.3. The quantitative estimate of drug-likeness (QED) is 0.425. The van der Waals surface area contributed by atoms with Crippen LogP contribution in [0.2, 0.25) is 10.0 Å². The van der Waals surface area contributed by atoms with E-state index in [1.165, 1.54) is 35.8 Å². The number of ether oxygens (including phenoxy) is 1. The topological polar surface area (TPSA) is 101 Å². The number of phenolic OH excluding ortho intramolecular Hbond substituents is 1. The second-order valence-corrected chi connectivity index (χ2v) is 7.78. The molecule has 13 heteroatoms. The first kappa shape index (κ1) is 23.6. The van der Waals surface area contributed by atoms with Crippen molar-refractivity contribution in [1.82, 2.24) is 10.3 Å². The maximum Gasteiger partial charge on any atom is 0.573 e. The molecule has 3 aromatic rings. The molecule has 7 nitrogen and oxygen atoms in total. The molecule has 0 spiro atoms. The molecule has 0 atom stereocenters. The molecule has 1 aromatic heterocycles. The van der Waals surface area contributed by atoms with Crippen molar-refractivity contribution >= 4 is 51.4 Å². The summed E-state index contributed by atoms with van der Waals surface area (Å²) >= 11 is 12.6. The summed E-state index contributed by atoms with van der Waals surface area (Å²) in [6.45, 7) is -0.279. The summed E-state index contributed by atoms with van der Waals surface area (Å²) in [5.41, 5.74) is 1.28. The van der Waals surface area contributed by atoms with Crippen LogP contribution in [0.25, 0.3) is 0 Å². The van der Waals surface area contributed by atoms with Gasteiger partial charge in [-0.2, -0.15) is 0 Å². The Morgan fingerprint density at radius 2 is 1.78 bits per heavy atom. The van der Waals surface area contributed by atoms with Crippen LogP contribution < -0.4 is 15.4 Å². The van der Waals surface area contributed by atoms with Gasteiger partial charge in [0.1, 0.15) is 10.8 Å². The van der Waals surface area contributed by atoms with E-state index in [9.17, 15) is 27.9 Å². The lowest BCUT2D eigenvalue weighted by Crippen LogP contribution is -2.26. The standard InChI is InChI=1S/C19H12Cl2F3N3O4S/c20-11-5-10(6-12(21)15(11)28)16(29)27-18-14(26-8-32-18)17(30)25-7-9-3-1-2-4-13(9)31-19(22,23)24/h1-6,8,28H,7H2,(H,25,30)(H,27,29). The van der Waals surface area contributed by atoms with Gasteiger partial charge in [0.05, 0.1) is 15.6 Å². The number of aromatic hydroxyl groups is 1. The predicted octanol–water partition coefficient (Wildman–Crippen LogP) is 5.24. The molecular formula is C19H12Cl2F3N3O4S. The molecule has 0 radical (unpaired) electrons. The van der Waals surface area contributed by atoms with Crippen molar-refractivity contribution in [2.45, 2.75) is 12.9 Å². The van der Waals surface area contributed by atoms with E-state index in [1.54, 1.807) is 0 Å². The third-order valence-corrected chi connectivity index (χ3v) is 5.24. The van der Waals surface area contributed by atoms with Crippen molar-refractivity contribution in [2.75, 3.05) is 5.32 Å². The first-order valence-corrected chi connectivity index (χ1v) is 10.2. The number of halogens is 5. The lowest BCUT2D eigenvalue weighted by molar-refractivity contribution is -0.274. The van der Waals surface area contributed by atoms with Crippen LogP contribution in [0.5, 0.6) is 11.5 Å². The van der Waals surface area contributed by atoms with Crippen molar-refractivity contribution in [2.24, 2.45) is 0 Å². The highest BCUT2D eigenvalue weighted by molar-refractivity contribution is 7.14. The number of phenols is 1. The fourth-order valence-electron chi connectivity index (χ4n) is 2.50. The monoisotopic (exact) mass is 505 g/mol. The number of amides is 2. The number of nitrogens with zero attached hydrogens (tertiary/aromatic N) is 1. The molecule has 0 fully saturated rings. The molecule has 0 aliphatic rings. The number of thiazole rings is 1. The second-order valence-electron chi connectivity index (χ2n) is 6.11. The van der Waals surface area contributed by atoms with Gasteiger partial charge in [-0.05, 0) is 18.2 Å². The van der Waals surface area contributed by atoms with Gasteiger partial charge in [-0.1, -0.05) is 41.4 Å². The molecule has 0 saturated carbocycles. The number of carbonyl (C=O) groups excluding carboxylic acids is 2. The molecular weight excluding hydrogens is 494 g/mol. The molecule has 2 amide bonds. The highest BCUT2D eigenvalue weighted by Gasteiger charge is 2.32. The number of benzene rings is 2. The molecule has 2 aromatic carbocycles. The Hall–Kier alpha value is -3.02. The maximum absolute atomic E-state index is 12.5. The third kappa shape index (κ3) is 5.81. The highest BCUT2D eigenvalue weighted by Crippen LogP contribution is 2.33. The smallest absolute Gasteiger partial charge is 0.505 e. The molecule has 0 bridgehead atoms. The summed E-state index contributed by atoms with van der Waals surface area (Å²) in [7, 11) is 0. The Balaban J connectivity index is 1.71. The number of rotatable bonds is 6. The summed E-state index contributed by atoms with van der Waals surface area (Å²) in [4.78, 5) is 28.9. The highest BCUT2D eigenvalue weighted by atomic mass is 35.5. The number of para-hydroxylation sites is 1. The van der Waals surface area contributed by atoms with Gasteiger partial charge in [-0.15, -0.1) is 24.5 Å². The lowest BCUT2D eigenvalue weighted by atomic mass is 10.2. The Kier molecular flexibility index (Phi) is 7.12. The van der Waals surface area contributed by atoms with Crippen molar-refractivity contribution in [3.05, 3.63) is 68.8 Å². The van der Waals surface area contributed by atoms with E-state index >= 15 is 0 Å². The fourth-order valence-corrected chi connectivity index (χ4v) is 3.66. The van der Waals surface area contributed by atoms with Crippen LogP contribution in [-0.4, -0.2) is 28.3 Å². The van der Waals surface area contributed by atoms with E-state index in [0.717, 1.165) is 17.4 Å². The van der Waals surface area contributed by atoms with E-state index in [2.05, 4.69) is 20.4 Å². The normalized spacial score (nSPS) is 11.2. The zero-order valence-corrected chi connectivity index (χ0v) is 18.0. The molecule has 0 aliphatic heterocycles. The fraction of sp³-hybridized carbons (Fsp3) is 0.105. The van der Waals surface area contributed by atoms with Crippen LogP contribution in [0.3, 0.4) is 0 Å². The van der Waals surface area contributed by atoms with E-state index in [-0.39, 0.29) is 44.2 Å². The predicted molar refractivity (Wildman–Crippen MR) is 112 cm³/mol. The number of alkyl halides is 3. The minimum absolute atomic E-state index is 0.0239. The Morgan fingerprint density at radius 1 is 1.12 bits per heavy atom. The summed E-state index contributed by atoms with van der Waals surface area (Å²) in [5.74, 6) is -2.23. The number of anilines is 1. The molecule has 32 heavy (non-hydrogen) atoms. The van der Waals surface area contributed by atoms with Gasteiger partial charge in [-0.25, -0.2) is 4.98 Å². The second kappa shape index (κ2) is 9.63. The van der Waals surface area contributed by atoms with Gasteiger partial charge in [0.25, 0.3) is 11.8 Å². The van der Waals surface area contributed by atoms with Gasteiger partial charge in [0.2, 0.25) is 0 Å². The van der Waals surface area contributed by atoms with E-state index in [0.29, 0.717) is 0 Å². The molecule has 0 unspecified atom stereocenters. The molecule has 0 saturated heterocycles. The van der Waals surface area contributed by atoms with Gasteiger partial charge in [0, 0.05) is 17.7 Å². The van der Waals surface area contributed by atoms with E-state index in [4.69, 9.17) is 23.2 Å². The van der Waals surface area contributed by atoms with Crippen molar-refractivity contribution in [3.63, 3.8) is 0 Å². The summed E-state index contributed by atoms with van der Waals surface area (Å²) in [6.07, 6.45) is -4.88. The van der Waals surface area contributed by atoms with Crippen molar-refractivity contribution in [3.8, 4) is 11.5 Å². The Morgan fingerprint density at radius 3 is 2.44 bits per heavy atom. The van der Waals surface area contributed by atoms with Gasteiger partial charge < -0.3 is 20.5 Å². The average molecular weight is 506 g/mol. The number of hydrogen-bond donors (Lipinski definition) is 3. The van der Waals surface area contributed by atoms with Crippen LogP contribution in [0.4, 0.5) is 18.2 Å². The Bertz CT molecular complexity index is 1150. The molecule has 168 valence electrons. The zero-order chi connectivity index (χ0) is 23.5. The first-order valence-electron chi connectivity index (χ1n) is 8.60. The molecule has 3 rings (SSSR count). The van der Waals surface area contributed by atoms with Crippen LogP contribution in [0.1, 0.15) is 26.4 Å². The van der Waals surface area contributed by atoms with Crippen LogP contribution >= 0.6 is 34.5 Å². The largest absolute Gasteiger partial charge is 0.573 e. The Labute approximate surface area is 192 Å². The zero-order valence-electron chi connectivity index (χ0n) is 15.7. The van der Waals surface area contributed by atoms with Gasteiger partial charge in [0.15, 0.2) is 11.4 Å². The van der Waals surface area contributed by atoms with Crippen LogP contribution in [0, 0.1) is 0 Å². The SMILES string of the molecule is O=C(Nc1scnc1C(=O)NCc1ccccc1OC(F)(F)F)c1cc(Cl)c(O)c(Cl)c1. The molecule has 1 heterocycles. The lowest BCUT2D eigenvalue weighted by Gasteiger charge is -2.13.